The van der Waals surface area contributed by atoms with Crippen LogP contribution in [0.2, 0.25) is 10.0 Å². The van der Waals surface area contributed by atoms with E-state index in [1.807, 2.05) is 6.92 Å². The Hall–Kier alpha value is -2.44. The van der Waals surface area contributed by atoms with E-state index in [4.69, 9.17) is 32.7 Å². The van der Waals surface area contributed by atoms with Crippen LogP contribution < -0.4 is 14.8 Å². The van der Waals surface area contributed by atoms with Crippen molar-refractivity contribution in [2.24, 2.45) is 0 Å². The first-order valence-corrected chi connectivity index (χ1v) is 8.89. The first-order chi connectivity index (χ1) is 12.8. The number of carboxylic acids is 1. The molecule has 0 heterocycles. The molecule has 0 radical (unpaired) electrons. The summed E-state index contributed by atoms with van der Waals surface area (Å²) in [5.74, 6) is -0.584. The molecule has 2 aromatic rings. The molecule has 0 fully saturated rings. The zero-order chi connectivity index (χ0) is 20.0. The van der Waals surface area contributed by atoms with E-state index in [2.05, 4.69) is 5.32 Å². The van der Waals surface area contributed by atoms with Crippen molar-refractivity contribution in [3.63, 3.8) is 0 Å². The van der Waals surface area contributed by atoms with Gasteiger partial charge in [-0.1, -0.05) is 29.3 Å². The van der Waals surface area contributed by atoms with Gasteiger partial charge in [0.25, 0.3) is 5.91 Å². The van der Waals surface area contributed by atoms with Gasteiger partial charge in [-0.2, -0.15) is 0 Å². The quantitative estimate of drug-likeness (QED) is 0.674. The van der Waals surface area contributed by atoms with E-state index in [-0.39, 0.29) is 17.0 Å². The number of amides is 1. The van der Waals surface area contributed by atoms with Crippen LogP contribution in [0.5, 0.6) is 11.5 Å². The Balaban J connectivity index is 2.32. The van der Waals surface area contributed by atoms with Crippen molar-refractivity contribution < 1.29 is 24.2 Å². The maximum Gasteiger partial charge on any atom is 0.305 e. The van der Waals surface area contributed by atoms with Crippen molar-refractivity contribution >= 4 is 35.1 Å². The molecule has 0 aromatic heterocycles. The number of ether oxygens (including phenoxy) is 2. The lowest BCUT2D eigenvalue weighted by Gasteiger charge is -2.20. The molecule has 0 saturated heterocycles. The van der Waals surface area contributed by atoms with Gasteiger partial charge in [0, 0.05) is 5.02 Å². The molecule has 144 valence electrons. The first-order valence-electron chi connectivity index (χ1n) is 8.14. The predicted molar refractivity (Wildman–Crippen MR) is 103 cm³/mol. The van der Waals surface area contributed by atoms with Crippen LogP contribution >= 0.6 is 23.2 Å². The van der Waals surface area contributed by atoms with Crippen molar-refractivity contribution in [3.05, 3.63) is 57.6 Å². The standard InChI is InChI=1S/C19H19Cl2NO5/c1-3-27-16-7-4-11(8-17(16)26-2)15(10-18(23)24)22-19(25)13-6-5-12(20)9-14(13)21/h4-9,15H,3,10H2,1-2H3,(H,22,25)(H,23,24). The molecule has 2 aromatic carbocycles. The van der Waals surface area contributed by atoms with Gasteiger partial charge in [-0.25, -0.2) is 0 Å². The van der Waals surface area contributed by atoms with Crippen LogP contribution in [0.4, 0.5) is 0 Å². The second-order valence-corrected chi connectivity index (χ2v) is 6.44. The molecular weight excluding hydrogens is 393 g/mol. The zero-order valence-electron chi connectivity index (χ0n) is 14.8. The molecule has 0 saturated carbocycles. The average Bonchev–Trinajstić information content (AvgIpc) is 2.61. The molecule has 2 rings (SSSR count). The molecule has 0 aliphatic heterocycles. The number of carboxylic acid groups (broad SMARTS) is 1. The van der Waals surface area contributed by atoms with Crippen LogP contribution in [0.15, 0.2) is 36.4 Å². The van der Waals surface area contributed by atoms with Gasteiger partial charge < -0.3 is 19.9 Å². The largest absolute Gasteiger partial charge is 0.493 e. The zero-order valence-corrected chi connectivity index (χ0v) is 16.3. The molecule has 1 amide bonds. The SMILES string of the molecule is CCOc1ccc(C(CC(=O)O)NC(=O)c2ccc(Cl)cc2Cl)cc1OC. The van der Waals surface area contributed by atoms with E-state index >= 15 is 0 Å². The highest BCUT2D eigenvalue weighted by atomic mass is 35.5. The highest BCUT2D eigenvalue weighted by Crippen LogP contribution is 2.31. The van der Waals surface area contributed by atoms with E-state index in [1.54, 1.807) is 18.2 Å². The molecule has 1 unspecified atom stereocenters. The topological polar surface area (TPSA) is 84.9 Å². The van der Waals surface area contributed by atoms with Gasteiger partial charge in [0.1, 0.15) is 0 Å². The van der Waals surface area contributed by atoms with Gasteiger partial charge in [0.2, 0.25) is 0 Å². The summed E-state index contributed by atoms with van der Waals surface area (Å²) in [7, 11) is 1.49. The third-order valence-electron chi connectivity index (χ3n) is 3.75. The van der Waals surface area contributed by atoms with Gasteiger partial charge >= 0.3 is 5.97 Å². The summed E-state index contributed by atoms with van der Waals surface area (Å²) in [6.07, 6.45) is -0.311. The van der Waals surface area contributed by atoms with E-state index in [0.717, 1.165) is 0 Å². The van der Waals surface area contributed by atoms with E-state index in [9.17, 15) is 14.7 Å². The number of benzene rings is 2. The fraction of sp³-hybridized carbons (Fsp3) is 0.263. The maximum absolute atomic E-state index is 12.6. The normalized spacial score (nSPS) is 11.6. The summed E-state index contributed by atoms with van der Waals surface area (Å²) in [4.78, 5) is 23.9. The Bertz CT molecular complexity index is 841. The number of methoxy groups -OCH3 is 1. The minimum Gasteiger partial charge on any atom is -0.493 e. The van der Waals surface area contributed by atoms with Gasteiger partial charge in [-0.3, -0.25) is 9.59 Å². The molecule has 27 heavy (non-hydrogen) atoms. The maximum atomic E-state index is 12.6. The Labute approximate surface area is 167 Å². The minimum absolute atomic E-state index is 0.179. The number of aliphatic carboxylic acids is 1. The molecular formula is C19H19Cl2NO5. The molecule has 6 nitrogen and oxygen atoms in total. The van der Waals surface area contributed by atoms with Crippen LogP contribution in [0, 0.1) is 0 Å². The van der Waals surface area contributed by atoms with E-state index in [0.29, 0.717) is 28.7 Å². The Morgan fingerprint density at radius 1 is 1.15 bits per heavy atom. The molecule has 0 spiro atoms. The fourth-order valence-electron chi connectivity index (χ4n) is 2.51. The van der Waals surface area contributed by atoms with E-state index < -0.39 is 17.9 Å². The third-order valence-corrected chi connectivity index (χ3v) is 4.30. The van der Waals surface area contributed by atoms with E-state index in [1.165, 1.54) is 25.3 Å². The number of carbonyl (C=O) groups excluding carboxylic acids is 1. The summed E-state index contributed by atoms with van der Waals surface area (Å²) in [5, 5.41) is 12.5. The van der Waals surface area contributed by atoms with Gasteiger partial charge in [0.15, 0.2) is 11.5 Å². The first kappa shape index (κ1) is 20.9. The van der Waals surface area contributed by atoms with Gasteiger partial charge in [0.05, 0.1) is 36.8 Å². The fourth-order valence-corrected chi connectivity index (χ4v) is 3.01. The Morgan fingerprint density at radius 3 is 2.48 bits per heavy atom. The monoisotopic (exact) mass is 411 g/mol. The van der Waals surface area contributed by atoms with Crippen molar-refractivity contribution in [1.82, 2.24) is 5.32 Å². The van der Waals surface area contributed by atoms with Crippen LogP contribution in [0.3, 0.4) is 0 Å². The Morgan fingerprint density at radius 2 is 1.89 bits per heavy atom. The number of carbonyl (C=O) groups is 2. The number of rotatable bonds is 8. The third kappa shape index (κ3) is 5.52. The minimum atomic E-state index is -1.06. The van der Waals surface area contributed by atoms with Gasteiger partial charge in [-0.15, -0.1) is 0 Å². The van der Waals surface area contributed by atoms with Crippen molar-refractivity contribution in [3.8, 4) is 11.5 Å². The molecule has 1 atom stereocenters. The second-order valence-electron chi connectivity index (χ2n) is 5.59. The average molecular weight is 412 g/mol. The molecule has 2 N–H and O–H groups in total. The Kier molecular flexibility index (Phi) is 7.33. The molecule has 0 aliphatic carbocycles. The molecule has 0 bridgehead atoms. The number of halogens is 2. The molecule has 8 heteroatoms. The van der Waals surface area contributed by atoms with Crippen LogP contribution in [0.25, 0.3) is 0 Å². The smallest absolute Gasteiger partial charge is 0.305 e. The lowest BCUT2D eigenvalue weighted by Crippen LogP contribution is -2.30. The van der Waals surface area contributed by atoms with Crippen LogP contribution in [0.1, 0.15) is 35.3 Å². The second kappa shape index (κ2) is 9.48. The summed E-state index contributed by atoms with van der Waals surface area (Å²) in [6, 6.07) is 8.68. The van der Waals surface area contributed by atoms with Crippen LogP contribution in [-0.2, 0) is 4.79 Å². The number of hydrogen-bond acceptors (Lipinski definition) is 4. The van der Waals surface area contributed by atoms with Gasteiger partial charge in [-0.05, 0) is 42.8 Å². The highest BCUT2D eigenvalue weighted by molar-refractivity contribution is 6.36. The summed E-state index contributed by atoms with van der Waals surface area (Å²) >= 11 is 11.9. The predicted octanol–water partition coefficient (Wildman–Crippen LogP) is 4.35. The lowest BCUT2D eigenvalue weighted by atomic mass is 10.0. The lowest BCUT2D eigenvalue weighted by molar-refractivity contribution is -0.137. The number of nitrogens with one attached hydrogen (secondary N) is 1. The summed E-state index contributed by atoms with van der Waals surface area (Å²) in [6.45, 7) is 2.30. The van der Waals surface area contributed by atoms with Crippen molar-refractivity contribution in [1.29, 1.82) is 0 Å². The highest BCUT2D eigenvalue weighted by Gasteiger charge is 2.22. The molecule has 0 aliphatic rings. The summed E-state index contributed by atoms with van der Waals surface area (Å²) in [5.41, 5.74) is 0.769. The number of hydrogen-bond donors (Lipinski definition) is 2. The van der Waals surface area contributed by atoms with Crippen LogP contribution in [-0.4, -0.2) is 30.7 Å². The van der Waals surface area contributed by atoms with Crippen molar-refractivity contribution in [2.45, 2.75) is 19.4 Å². The van der Waals surface area contributed by atoms with Crippen molar-refractivity contribution in [2.75, 3.05) is 13.7 Å². The summed E-state index contributed by atoms with van der Waals surface area (Å²) < 4.78 is 10.8.